The number of hydrogen-bond donors (Lipinski definition) is 1. The van der Waals surface area contributed by atoms with Crippen LogP contribution in [0.1, 0.15) is 52.8 Å². The molecule has 0 spiro atoms. The number of nitrogens with zero attached hydrogens (tertiary/aromatic N) is 2. The second-order valence-electron chi connectivity index (χ2n) is 5.93. The van der Waals surface area contributed by atoms with Gasteiger partial charge in [0.15, 0.2) is 5.75 Å². The Morgan fingerprint density at radius 1 is 1.44 bits per heavy atom. The molecule has 0 radical (unpaired) electrons. The molecule has 0 amide bonds. The van der Waals surface area contributed by atoms with Gasteiger partial charge in [-0.05, 0) is 24.7 Å². The molecule has 4 heteroatoms. The number of aromatic nitrogens is 2. The Kier molecular flexibility index (Phi) is 4.79. The third-order valence-electron chi connectivity index (χ3n) is 3.74. The standard InChI is InChI=1S/C14H26N2O2/c1-7-16-13(12(18-6)9-15-16)11(17)8-10(2)14(3,4)5/h9-11,17H,7-8H2,1-6H3. The SMILES string of the molecule is CCn1ncc(OC)c1C(O)CC(C)C(C)(C)C. The molecular weight excluding hydrogens is 228 g/mol. The van der Waals surface area contributed by atoms with E-state index in [4.69, 9.17) is 4.74 Å². The summed E-state index contributed by atoms with van der Waals surface area (Å²) < 4.78 is 7.08. The van der Waals surface area contributed by atoms with Crippen LogP contribution in [0.25, 0.3) is 0 Å². The summed E-state index contributed by atoms with van der Waals surface area (Å²) in [5, 5.41) is 14.7. The van der Waals surface area contributed by atoms with E-state index in [0.717, 1.165) is 12.2 Å². The van der Waals surface area contributed by atoms with Crippen molar-refractivity contribution in [1.29, 1.82) is 0 Å². The Hall–Kier alpha value is -1.03. The molecule has 18 heavy (non-hydrogen) atoms. The van der Waals surface area contributed by atoms with Gasteiger partial charge in [0, 0.05) is 6.54 Å². The molecule has 2 unspecified atom stereocenters. The highest BCUT2D eigenvalue weighted by molar-refractivity contribution is 5.27. The lowest BCUT2D eigenvalue weighted by Crippen LogP contribution is -2.21. The lowest BCUT2D eigenvalue weighted by molar-refractivity contribution is 0.101. The number of hydrogen-bond acceptors (Lipinski definition) is 3. The first-order valence-corrected chi connectivity index (χ1v) is 6.59. The highest BCUT2D eigenvalue weighted by Crippen LogP contribution is 2.35. The smallest absolute Gasteiger partial charge is 0.162 e. The zero-order chi connectivity index (χ0) is 13.9. The third-order valence-corrected chi connectivity index (χ3v) is 3.74. The summed E-state index contributed by atoms with van der Waals surface area (Å²) >= 11 is 0. The summed E-state index contributed by atoms with van der Waals surface area (Å²) in [6.07, 6.45) is 1.85. The van der Waals surface area contributed by atoms with E-state index in [9.17, 15) is 5.11 Å². The molecule has 0 saturated carbocycles. The van der Waals surface area contributed by atoms with E-state index in [1.165, 1.54) is 0 Å². The fourth-order valence-electron chi connectivity index (χ4n) is 1.92. The van der Waals surface area contributed by atoms with Crippen molar-refractivity contribution in [1.82, 2.24) is 9.78 Å². The quantitative estimate of drug-likeness (QED) is 0.878. The predicted molar refractivity (Wildman–Crippen MR) is 72.6 cm³/mol. The Morgan fingerprint density at radius 3 is 2.50 bits per heavy atom. The van der Waals surface area contributed by atoms with Crippen molar-refractivity contribution in [2.45, 2.75) is 53.7 Å². The lowest BCUT2D eigenvalue weighted by atomic mass is 9.78. The van der Waals surface area contributed by atoms with Gasteiger partial charge in [0.1, 0.15) is 5.69 Å². The average Bonchev–Trinajstić information content (AvgIpc) is 2.70. The van der Waals surface area contributed by atoms with Crippen LogP contribution >= 0.6 is 0 Å². The molecule has 1 heterocycles. The van der Waals surface area contributed by atoms with Crippen LogP contribution < -0.4 is 4.74 Å². The van der Waals surface area contributed by atoms with Crippen molar-refractivity contribution < 1.29 is 9.84 Å². The average molecular weight is 254 g/mol. The fraction of sp³-hybridized carbons (Fsp3) is 0.786. The number of aliphatic hydroxyl groups excluding tert-OH is 1. The van der Waals surface area contributed by atoms with Gasteiger partial charge in [-0.25, -0.2) is 0 Å². The molecule has 1 rings (SSSR count). The van der Waals surface area contributed by atoms with Gasteiger partial charge in [-0.1, -0.05) is 27.7 Å². The van der Waals surface area contributed by atoms with Crippen LogP contribution in [0.15, 0.2) is 6.20 Å². The molecule has 0 fully saturated rings. The van der Waals surface area contributed by atoms with E-state index < -0.39 is 6.10 Å². The van der Waals surface area contributed by atoms with Crippen molar-refractivity contribution in [3.8, 4) is 5.75 Å². The van der Waals surface area contributed by atoms with E-state index in [1.54, 1.807) is 18.0 Å². The fourth-order valence-corrected chi connectivity index (χ4v) is 1.92. The number of aryl methyl sites for hydroxylation is 1. The molecule has 1 N–H and O–H groups in total. The zero-order valence-corrected chi connectivity index (χ0v) is 12.4. The maximum Gasteiger partial charge on any atom is 0.162 e. The van der Waals surface area contributed by atoms with E-state index in [0.29, 0.717) is 18.1 Å². The number of methoxy groups -OCH3 is 1. The Labute approximate surface area is 110 Å². The summed E-state index contributed by atoms with van der Waals surface area (Å²) in [5.74, 6) is 1.09. The summed E-state index contributed by atoms with van der Waals surface area (Å²) in [6, 6.07) is 0. The van der Waals surface area contributed by atoms with Crippen molar-refractivity contribution in [3.05, 3.63) is 11.9 Å². The molecule has 4 nitrogen and oxygen atoms in total. The van der Waals surface area contributed by atoms with E-state index >= 15 is 0 Å². The second kappa shape index (κ2) is 5.74. The second-order valence-corrected chi connectivity index (χ2v) is 5.93. The minimum atomic E-state index is -0.531. The van der Waals surface area contributed by atoms with Crippen LogP contribution in [0.4, 0.5) is 0 Å². The van der Waals surface area contributed by atoms with Gasteiger partial charge in [0.25, 0.3) is 0 Å². The molecule has 0 saturated heterocycles. The van der Waals surface area contributed by atoms with Gasteiger partial charge in [0.05, 0.1) is 19.4 Å². The van der Waals surface area contributed by atoms with Gasteiger partial charge in [-0.3, -0.25) is 4.68 Å². The van der Waals surface area contributed by atoms with Crippen molar-refractivity contribution >= 4 is 0 Å². The first-order valence-electron chi connectivity index (χ1n) is 6.59. The van der Waals surface area contributed by atoms with Crippen molar-refractivity contribution in [3.63, 3.8) is 0 Å². The minimum Gasteiger partial charge on any atom is -0.493 e. The summed E-state index contributed by atoms with van der Waals surface area (Å²) in [5.41, 5.74) is 0.974. The van der Waals surface area contributed by atoms with Crippen LogP contribution in [0.2, 0.25) is 0 Å². The number of ether oxygens (including phenoxy) is 1. The third kappa shape index (κ3) is 3.25. The van der Waals surface area contributed by atoms with Crippen LogP contribution in [0.3, 0.4) is 0 Å². The highest BCUT2D eigenvalue weighted by atomic mass is 16.5. The van der Waals surface area contributed by atoms with E-state index in [-0.39, 0.29) is 5.41 Å². The van der Waals surface area contributed by atoms with Gasteiger partial charge in [-0.15, -0.1) is 0 Å². The first kappa shape index (κ1) is 15.0. The van der Waals surface area contributed by atoms with E-state index in [1.807, 2.05) is 6.92 Å². The van der Waals surface area contributed by atoms with Crippen LogP contribution in [0, 0.1) is 11.3 Å². The predicted octanol–water partition coefficient (Wildman–Crippen LogP) is 3.02. The molecule has 1 aromatic heterocycles. The Bertz CT molecular complexity index is 358. The largest absolute Gasteiger partial charge is 0.493 e. The van der Waals surface area contributed by atoms with Crippen LogP contribution in [-0.4, -0.2) is 22.0 Å². The molecule has 0 bridgehead atoms. The molecule has 2 atom stereocenters. The molecule has 0 aliphatic rings. The monoisotopic (exact) mass is 254 g/mol. The maximum atomic E-state index is 10.4. The zero-order valence-electron chi connectivity index (χ0n) is 12.4. The number of aliphatic hydroxyl groups is 1. The van der Waals surface area contributed by atoms with Crippen molar-refractivity contribution in [2.24, 2.45) is 11.3 Å². The highest BCUT2D eigenvalue weighted by Gasteiger charge is 2.27. The Balaban J connectivity index is 2.89. The molecule has 0 aliphatic carbocycles. The summed E-state index contributed by atoms with van der Waals surface area (Å²) in [7, 11) is 1.61. The molecule has 104 valence electrons. The number of rotatable bonds is 5. The molecular formula is C14H26N2O2. The Morgan fingerprint density at radius 2 is 2.06 bits per heavy atom. The van der Waals surface area contributed by atoms with Gasteiger partial charge < -0.3 is 9.84 Å². The topological polar surface area (TPSA) is 47.3 Å². The normalized spacial score (nSPS) is 15.5. The van der Waals surface area contributed by atoms with E-state index in [2.05, 4.69) is 32.8 Å². The lowest BCUT2D eigenvalue weighted by Gasteiger charge is -2.29. The molecule has 0 aliphatic heterocycles. The van der Waals surface area contributed by atoms with Crippen LogP contribution in [-0.2, 0) is 6.54 Å². The minimum absolute atomic E-state index is 0.186. The van der Waals surface area contributed by atoms with Gasteiger partial charge in [-0.2, -0.15) is 5.10 Å². The summed E-state index contributed by atoms with van der Waals surface area (Å²) in [6.45, 7) is 11.5. The maximum absolute atomic E-state index is 10.4. The first-order chi connectivity index (χ1) is 8.31. The summed E-state index contributed by atoms with van der Waals surface area (Å²) in [4.78, 5) is 0. The molecule has 1 aromatic rings. The van der Waals surface area contributed by atoms with Gasteiger partial charge >= 0.3 is 0 Å². The van der Waals surface area contributed by atoms with Gasteiger partial charge in [0.2, 0.25) is 0 Å². The van der Waals surface area contributed by atoms with Crippen LogP contribution in [0.5, 0.6) is 5.75 Å². The van der Waals surface area contributed by atoms with Crippen molar-refractivity contribution in [2.75, 3.05) is 7.11 Å². The molecule has 0 aromatic carbocycles.